The molecule has 0 radical (unpaired) electrons. The molecule has 156 valence electrons. The number of methoxy groups -OCH3 is 1. The number of nitrogens with zero attached hydrogens (tertiary/aromatic N) is 1. The minimum absolute atomic E-state index is 0. The zero-order valence-corrected chi connectivity index (χ0v) is 15.5. The Kier molecular flexibility index (Phi) is 8.06. The van der Waals surface area contributed by atoms with Crippen molar-refractivity contribution in [1.29, 1.82) is 0 Å². The summed E-state index contributed by atoms with van der Waals surface area (Å²) in [5, 5.41) is 13.3. The summed E-state index contributed by atoms with van der Waals surface area (Å²) in [5.74, 6) is -5.55. The first-order chi connectivity index (χ1) is 12.6. The van der Waals surface area contributed by atoms with Crippen molar-refractivity contribution in [2.45, 2.75) is 6.18 Å². The molecular formula is C16H19ClF3N3O5. The highest BCUT2D eigenvalue weighted by Crippen LogP contribution is 2.37. The van der Waals surface area contributed by atoms with Crippen LogP contribution in [0.4, 0.5) is 23.7 Å². The molecule has 1 fully saturated rings. The minimum atomic E-state index is -4.68. The molecule has 0 saturated carbocycles. The van der Waals surface area contributed by atoms with Crippen molar-refractivity contribution < 1.29 is 37.4 Å². The van der Waals surface area contributed by atoms with Crippen LogP contribution in [0, 0.1) is 11.8 Å². The fourth-order valence-electron chi connectivity index (χ4n) is 2.80. The average molecular weight is 426 g/mol. The van der Waals surface area contributed by atoms with E-state index in [4.69, 9.17) is 9.84 Å². The molecule has 0 aliphatic carbocycles. The number of ether oxygens (including phenoxy) is 1. The van der Waals surface area contributed by atoms with Crippen LogP contribution in [0.25, 0.3) is 0 Å². The van der Waals surface area contributed by atoms with Gasteiger partial charge < -0.3 is 15.2 Å². The number of imide groups is 1. The number of urea groups is 1. The maximum atomic E-state index is 12.9. The van der Waals surface area contributed by atoms with Crippen molar-refractivity contribution in [3.8, 4) is 5.75 Å². The average Bonchev–Trinajstić information content (AvgIpc) is 2.99. The van der Waals surface area contributed by atoms with Gasteiger partial charge in [-0.1, -0.05) is 0 Å². The molecule has 3 N–H and O–H groups in total. The van der Waals surface area contributed by atoms with E-state index in [0.717, 1.165) is 4.90 Å². The molecule has 12 heteroatoms. The lowest BCUT2D eigenvalue weighted by atomic mass is 9.96. The highest BCUT2D eigenvalue weighted by Gasteiger charge is 2.52. The van der Waals surface area contributed by atoms with Crippen LogP contribution in [-0.4, -0.2) is 60.8 Å². The fraction of sp³-hybridized carbons (Fsp3) is 0.438. The van der Waals surface area contributed by atoms with E-state index in [-0.39, 0.29) is 12.4 Å². The lowest BCUT2D eigenvalue weighted by molar-refractivity contribution is -0.188. The van der Waals surface area contributed by atoms with Crippen molar-refractivity contribution in [3.05, 3.63) is 24.3 Å². The number of carbonyl (C=O) groups excluding carboxylic acids is 2. The topological polar surface area (TPSA) is 108 Å². The van der Waals surface area contributed by atoms with E-state index in [2.05, 4.69) is 5.32 Å². The molecule has 1 aliphatic heterocycles. The predicted octanol–water partition coefficient (Wildman–Crippen LogP) is 1.96. The maximum Gasteiger partial charge on any atom is 0.393 e. The Morgan fingerprint density at radius 3 is 2.29 bits per heavy atom. The van der Waals surface area contributed by atoms with Crippen LogP contribution in [0.3, 0.4) is 0 Å². The Hall–Kier alpha value is -2.53. The predicted molar refractivity (Wildman–Crippen MR) is 94.5 cm³/mol. The fourth-order valence-corrected chi connectivity index (χ4v) is 2.80. The molecule has 3 amide bonds. The third kappa shape index (κ3) is 6.27. The normalized spacial score (nSPS) is 19.4. The first kappa shape index (κ1) is 23.5. The zero-order chi connectivity index (χ0) is 20.2. The number of amides is 3. The van der Waals surface area contributed by atoms with Gasteiger partial charge in [0, 0.05) is 18.8 Å². The second-order valence-electron chi connectivity index (χ2n) is 6.02. The number of benzene rings is 1. The lowest BCUT2D eigenvalue weighted by Crippen LogP contribution is -2.41. The summed E-state index contributed by atoms with van der Waals surface area (Å²) in [7, 11) is 1.48. The van der Waals surface area contributed by atoms with Gasteiger partial charge in [0.05, 0.1) is 25.5 Å². The van der Waals surface area contributed by atoms with Crippen LogP contribution in [0.2, 0.25) is 0 Å². The number of aliphatic carboxylic acids is 1. The van der Waals surface area contributed by atoms with E-state index in [1.807, 2.05) is 5.32 Å². The van der Waals surface area contributed by atoms with E-state index in [9.17, 15) is 27.6 Å². The molecule has 1 saturated heterocycles. The van der Waals surface area contributed by atoms with E-state index in [1.54, 1.807) is 12.1 Å². The van der Waals surface area contributed by atoms with Gasteiger partial charge in [0.1, 0.15) is 5.75 Å². The lowest BCUT2D eigenvalue weighted by Gasteiger charge is -2.18. The number of carboxylic acids is 1. The van der Waals surface area contributed by atoms with Crippen LogP contribution in [0.15, 0.2) is 24.3 Å². The molecule has 1 aliphatic rings. The number of carbonyl (C=O) groups is 3. The second-order valence-corrected chi connectivity index (χ2v) is 6.02. The van der Waals surface area contributed by atoms with Gasteiger partial charge in [-0.15, -0.1) is 12.4 Å². The van der Waals surface area contributed by atoms with E-state index >= 15 is 0 Å². The number of hydrogen-bond donors (Lipinski definition) is 3. The quantitative estimate of drug-likeness (QED) is 0.665. The van der Waals surface area contributed by atoms with Crippen LogP contribution in [-0.2, 0) is 9.59 Å². The molecule has 0 spiro atoms. The van der Waals surface area contributed by atoms with Gasteiger partial charge in [0.15, 0.2) is 0 Å². The van der Waals surface area contributed by atoms with E-state index < -0.39 is 55.6 Å². The molecule has 0 bridgehead atoms. The smallest absolute Gasteiger partial charge is 0.393 e. The Labute approximate surface area is 164 Å². The highest BCUT2D eigenvalue weighted by molar-refractivity contribution is 6.01. The van der Waals surface area contributed by atoms with Gasteiger partial charge in [-0.05, 0) is 24.3 Å². The number of rotatable bonds is 5. The van der Waals surface area contributed by atoms with Crippen molar-refractivity contribution in [1.82, 2.24) is 10.2 Å². The molecule has 1 aromatic rings. The summed E-state index contributed by atoms with van der Waals surface area (Å²) in [6.07, 6.45) is -4.68. The number of hydrogen-bond acceptors (Lipinski definition) is 5. The monoisotopic (exact) mass is 425 g/mol. The molecule has 0 unspecified atom stereocenters. The molecule has 2 rings (SSSR count). The Morgan fingerprint density at radius 2 is 1.82 bits per heavy atom. The van der Waals surface area contributed by atoms with E-state index in [0.29, 0.717) is 11.4 Å². The third-order valence-corrected chi connectivity index (χ3v) is 4.10. The molecule has 28 heavy (non-hydrogen) atoms. The standard InChI is InChI=1S/C16H18F3N3O5.ClH/c1-27-10-4-2-9(3-5-10)20-15(26)21-13(23)8-22-6-11(14(24)25)12(7-22)16(17,18)19;/h2-5,11-12H,6-8H2,1H3,(H,24,25)(H2,20,21,23,26);1H/t11-,12-;/m1./s1. The minimum Gasteiger partial charge on any atom is -0.497 e. The summed E-state index contributed by atoms with van der Waals surface area (Å²) in [6, 6.07) is 5.39. The van der Waals surface area contributed by atoms with Crippen molar-refractivity contribution in [2.24, 2.45) is 11.8 Å². The number of alkyl halides is 3. The largest absolute Gasteiger partial charge is 0.497 e. The number of halogens is 4. The number of carboxylic acid groups (broad SMARTS) is 1. The van der Waals surface area contributed by atoms with Crippen LogP contribution in [0.5, 0.6) is 5.75 Å². The summed E-state index contributed by atoms with van der Waals surface area (Å²) in [6.45, 7) is -1.56. The van der Waals surface area contributed by atoms with Crippen molar-refractivity contribution in [3.63, 3.8) is 0 Å². The van der Waals surface area contributed by atoms with Gasteiger partial charge in [0.2, 0.25) is 5.91 Å². The number of likely N-dealkylation sites (tertiary alicyclic amines) is 1. The zero-order valence-electron chi connectivity index (χ0n) is 14.7. The van der Waals surface area contributed by atoms with Gasteiger partial charge >= 0.3 is 18.2 Å². The van der Waals surface area contributed by atoms with Crippen LogP contribution < -0.4 is 15.4 Å². The summed E-state index contributed by atoms with van der Waals surface area (Å²) in [4.78, 5) is 35.7. The third-order valence-electron chi connectivity index (χ3n) is 4.10. The Balaban J connectivity index is 0.00000392. The van der Waals surface area contributed by atoms with Gasteiger partial charge in [-0.3, -0.25) is 19.8 Å². The van der Waals surface area contributed by atoms with Crippen molar-refractivity contribution in [2.75, 3.05) is 32.1 Å². The SMILES string of the molecule is COc1ccc(NC(=O)NC(=O)CN2C[C@@H](C(F)(F)F)[C@H](C(=O)O)C2)cc1.Cl. The van der Waals surface area contributed by atoms with Crippen LogP contribution >= 0.6 is 12.4 Å². The van der Waals surface area contributed by atoms with Gasteiger partial charge in [0.25, 0.3) is 0 Å². The first-order valence-electron chi connectivity index (χ1n) is 7.87. The molecule has 2 atom stereocenters. The van der Waals surface area contributed by atoms with Crippen LogP contribution in [0.1, 0.15) is 0 Å². The molecule has 1 heterocycles. The van der Waals surface area contributed by atoms with Gasteiger partial charge in [-0.2, -0.15) is 13.2 Å². The summed E-state index contributed by atoms with van der Waals surface area (Å²) in [5.41, 5.74) is 0.380. The summed E-state index contributed by atoms with van der Waals surface area (Å²) >= 11 is 0. The molecule has 0 aromatic heterocycles. The molecule has 8 nitrogen and oxygen atoms in total. The maximum absolute atomic E-state index is 12.9. The molecule has 1 aromatic carbocycles. The second kappa shape index (κ2) is 9.60. The summed E-state index contributed by atoms with van der Waals surface area (Å²) < 4.78 is 43.7. The number of anilines is 1. The highest BCUT2D eigenvalue weighted by atomic mass is 35.5. The first-order valence-corrected chi connectivity index (χ1v) is 7.87. The molecular weight excluding hydrogens is 407 g/mol. The van der Waals surface area contributed by atoms with Crippen molar-refractivity contribution >= 4 is 36.0 Å². The van der Waals surface area contributed by atoms with Gasteiger partial charge in [-0.25, -0.2) is 4.79 Å². The van der Waals surface area contributed by atoms with E-state index in [1.165, 1.54) is 19.2 Å². The number of nitrogens with one attached hydrogen (secondary N) is 2. The Bertz CT molecular complexity index is 714. The Morgan fingerprint density at radius 1 is 1.21 bits per heavy atom.